The number of rotatable bonds is 8. The van der Waals surface area contributed by atoms with Crippen molar-refractivity contribution >= 4 is 43.1 Å². The minimum absolute atomic E-state index is 0.0250. The Labute approximate surface area is 209 Å². The molecular formula is C26H27FN4O2S2. The molecule has 1 aliphatic rings. The number of piperazine rings is 1. The van der Waals surface area contributed by atoms with Crippen LogP contribution in [0.1, 0.15) is 11.1 Å². The molecule has 0 radical (unpaired) electrons. The van der Waals surface area contributed by atoms with E-state index in [4.69, 9.17) is 0 Å². The number of hydrogen-bond donors (Lipinski definition) is 1. The van der Waals surface area contributed by atoms with E-state index in [1.807, 2.05) is 18.2 Å². The SMILES string of the molecule is O=S(=O)(Nc1ccccc1CCN1CCN(c2nsc3ccccc23)CC1)c1ccccc1CF. The number of hydrogen-bond acceptors (Lipinski definition) is 6. The molecule has 1 saturated heterocycles. The summed E-state index contributed by atoms with van der Waals surface area (Å²) in [5, 5.41) is 1.21. The summed E-state index contributed by atoms with van der Waals surface area (Å²) in [7, 11) is -3.89. The number of nitrogens with one attached hydrogen (secondary N) is 1. The number of sulfonamides is 1. The van der Waals surface area contributed by atoms with Crippen molar-refractivity contribution in [3.8, 4) is 0 Å². The first-order chi connectivity index (χ1) is 17.0. The van der Waals surface area contributed by atoms with E-state index in [1.165, 1.54) is 22.2 Å². The fourth-order valence-corrected chi connectivity index (χ4v) is 6.60. The average molecular weight is 511 g/mol. The quantitative estimate of drug-likeness (QED) is 0.364. The molecule has 0 unspecified atom stereocenters. The van der Waals surface area contributed by atoms with Gasteiger partial charge in [0.2, 0.25) is 0 Å². The van der Waals surface area contributed by atoms with Crippen molar-refractivity contribution in [3.63, 3.8) is 0 Å². The lowest BCUT2D eigenvalue weighted by molar-refractivity contribution is 0.261. The highest BCUT2D eigenvalue weighted by molar-refractivity contribution is 7.92. The van der Waals surface area contributed by atoms with Crippen molar-refractivity contribution < 1.29 is 12.8 Å². The first-order valence-corrected chi connectivity index (χ1v) is 13.9. The van der Waals surface area contributed by atoms with Crippen molar-refractivity contribution in [2.45, 2.75) is 18.0 Å². The molecule has 0 amide bonds. The van der Waals surface area contributed by atoms with Gasteiger partial charge in [0.25, 0.3) is 10.0 Å². The zero-order chi connectivity index (χ0) is 24.3. The lowest BCUT2D eigenvalue weighted by Crippen LogP contribution is -2.47. The molecule has 4 aromatic rings. The van der Waals surface area contributed by atoms with Crippen LogP contribution in [0.5, 0.6) is 0 Å². The number of benzene rings is 3. The Morgan fingerprint density at radius 3 is 2.37 bits per heavy atom. The van der Waals surface area contributed by atoms with Crippen LogP contribution in [0.4, 0.5) is 15.9 Å². The molecule has 6 nitrogen and oxygen atoms in total. The van der Waals surface area contributed by atoms with E-state index >= 15 is 0 Å². The maximum Gasteiger partial charge on any atom is 0.262 e. The second-order valence-electron chi connectivity index (χ2n) is 8.59. The number of halogens is 1. The molecule has 0 saturated carbocycles. The molecule has 0 aliphatic carbocycles. The van der Waals surface area contributed by atoms with Gasteiger partial charge in [-0.15, -0.1) is 0 Å². The van der Waals surface area contributed by atoms with Crippen molar-refractivity contribution in [1.29, 1.82) is 0 Å². The molecule has 3 aromatic carbocycles. The summed E-state index contributed by atoms with van der Waals surface area (Å²) in [5.41, 5.74) is 1.61. The number of para-hydroxylation sites is 1. The number of aromatic nitrogens is 1. The maximum absolute atomic E-state index is 13.4. The summed E-state index contributed by atoms with van der Waals surface area (Å²) in [6, 6.07) is 21.9. The van der Waals surface area contributed by atoms with E-state index in [9.17, 15) is 12.8 Å². The van der Waals surface area contributed by atoms with Crippen molar-refractivity contribution in [1.82, 2.24) is 9.27 Å². The zero-order valence-electron chi connectivity index (χ0n) is 19.2. The highest BCUT2D eigenvalue weighted by atomic mass is 32.2. The Bertz CT molecular complexity index is 1420. The highest BCUT2D eigenvalue weighted by Crippen LogP contribution is 2.30. The summed E-state index contributed by atoms with van der Waals surface area (Å²) in [6.45, 7) is 3.64. The van der Waals surface area contributed by atoms with Crippen LogP contribution < -0.4 is 9.62 Å². The minimum atomic E-state index is -3.89. The van der Waals surface area contributed by atoms with Gasteiger partial charge in [-0.1, -0.05) is 48.5 Å². The third-order valence-corrected chi connectivity index (χ3v) is 8.68. The molecular weight excluding hydrogens is 483 g/mol. The summed E-state index contributed by atoms with van der Waals surface area (Å²) >= 11 is 1.54. The Kier molecular flexibility index (Phi) is 6.99. The summed E-state index contributed by atoms with van der Waals surface area (Å²) < 4.78 is 47.9. The van der Waals surface area contributed by atoms with Gasteiger partial charge in [-0.2, -0.15) is 4.37 Å². The van der Waals surface area contributed by atoms with Crippen molar-refractivity contribution in [3.05, 3.63) is 83.9 Å². The number of fused-ring (bicyclic) bond motifs is 1. The lowest BCUT2D eigenvalue weighted by atomic mass is 10.1. The highest BCUT2D eigenvalue weighted by Gasteiger charge is 2.22. The Hall–Kier alpha value is -3.01. The fraction of sp³-hybridized carbons (Fsp3) is 0.269. The van der Waals surface area contributed by atoms with E-state index in [2.05, 4.69) is 37.1 Å². The molecule has 1 fully saturated rings. The van der Waals surface area contributed by atoms with Gasteiger partial charge in [0.15, 0.2) is 0 Å². The fourth-order valence-electron chi connectivity index (χ4n) is 4.48. The van der Waals surface area contributed by atoms with Crippen LogP contribution in [0.3, 0.4) is 0 Å². The van der Waals surface area contributed by atoms with Crippen LogP contribution in [0.15, 0.2) is 77.7 Å². The van der Waals surface area contributed by atoms with Crippen LogP contribution in [-0.2, 0) is 23.1 Å². The van der Waals surface area contributed by atoms with E-state index in [1.54, 1.807) is 35.8 Å². The van der Waals surface area contributed by atoms with E-state index in [-0.39, 0.29) is 10.5 Å². The predicted octanol–water partition coefficient (Wildman–Crippen LogP) is 4.93. The monoisotopic (exact) mass is 510 g/mol. The number of nitrogens with zero attached hydrogens (tertiary/aromatic N) is 3. The number of alkyl halides is 1. The molecule has 2 heterocycles. The van der Waals surface area contributed by atoms with Gasteiger partial charge < -0.3 is 4.90 Å². The molecule has 1 aliphatic heterocycles. The first-order valence-electron chi connectivity index (χ1n) is 11.6. The van der Waals surface area contributed by atoms with Crippen molar-refractivity contribution in [2.75, 3.05) is 42.3 Å². The van der Waals surface area contributed by atoms with E-state index in [0.29, 0.717) is 12.1 Å². The first kappa shape index (κ1) is 23.7. The van der Waals surface area contributed by atoms with E-state index in [0.717, 1.165) is 44.1 Å². The largest absolute Gasteiger partial charge is 0.353 e. The van der Waals surface area contributed by atoms with Gasteiger partial charge >= 0.3 is 0 Å². The molecule has 0 spiro atoms. The minimum Gasteiger partial charge on any atom is -0.353 e. The van der Waals surface area contributed by atoms with Gasteiger partial charge in [0, 0.05) is 43.7 Å². The van der Waals surface area contributed by atoms with Gasteiger partial charge in [-0.05, 0) is 47.8 Å². The van der Waals surface area contributed by atoms with Crippen LogP contribution in [0, 0.1) is 0 Å². The van der Waals surface area contributed by atoms with Crippen LogP contribution in [0.25, 0.3) is 10.1 Å². The molecule has 0 atom stereocenters. The molecule has 0 bridgehead atoms. The molecule has 5 rings (SSSR count). The van der Waals surface area contributed by atoms with Gasteiger partial charge in [-0.3, -0.25) is 9.62 Å². The standard InChI is InChI=1S/C26H27FN4O2S2/c27-19-21-8-2-6-12-25(21)35(32,33)29-23-10-4-1-7-20(23)13-14-30-15-17-31(18-16-30)26-22-9-3-5-11-24(22)34-28-26/h1-12,29H,13-19H2. The van der Waals surface area contributed by atoms with Gasteiger partial charge in [-0.25, -0.2) is 12.8 Å². The molecule has 35 heavy (non-hydrogen) atoms. The Balaban J connectivity index is 1.22. The molecule has 9 heteroatoms. The third kappa shape index (κ3) is 5.17. The predicted molar refractivity (Wildman–Crippen MR) is 140 cm³/mol. The topological polar surface area (TPSA) is 65.5 Å². The second kappa shape index (κ2) is 10.3. The Morgan fingerprint density at radius 1 is 0.886 bits per heavy atom. The van der Waals surface area contributed by atoms with Gasteiger partial charge in [0.1, 0.15) is 12.5 Å². The lowest BCUT2D eigenvalue weighted by Gasteiger charge is -2.35. The van der Waals surface area contributed by atoms with Gasteiger partial charge in [0.05, 0.1) is 15.3 Å². The van der Waals surface area contributed by atoms with Crippen LogP contribution >= 0.6 is 11.5 Å². The second-order valence-corrected chi connectivity index (χ2v) is 11.0. The average Bonchev–Trinajstić information content (AvgIpc) is 3.32. The molecule has 182 valence electrons. The summed E-state index contributed by atoms with van der Waals surface area (Å²) in [5.74, 6) is 1.07. The molecule has 1 N–H and O–H groups in total. The van der Waals surface area contributed by atoms with Crippen LogP contribution in [0.2, 0.25) is 0 Å². The normalized spacial score (nSPS) is 14.9. The third-order valence-electron chi connectivity index (χ3n) is 6.40. The number of anilines is 2. The van der Waals surface area contributed by atoms with E-state index < -0.39 is 16.7 Å². The molecule has 1 aromatic heterocycles. The summed E-state index contributed by atoms with van der Waals surface area (Å²) in [4.78, 5) is 4.72. The Morgan fingerprint density at radius 2 is 1.57 bits per heavy atom. The van der Waals surface area contributed by atoms with Crippen molar-refractivity contribution in [2.24, 2.45) is 0 Å². The zero-order valence-corrected chi connectivity index (χ0v) is 20.9. The summed E-state index contributed by atoms with van der Waals surface area (Å²) in [6.07, 6.45) is 0.711. The van der Waals surface area contributed by atoms with Crippen LogP contribution in [-0.4, -0.2) is 50.4 Å². The smallest absolute Gasteiger partial charge is 0.262 e. The maximum atomic E-state index is 13.4.